The molecular formula is C13H26N4. The largest absolute Gasteiger partial charge is 0.271 e. The highest BCUT2D eigenvalue weighted by molar-refractivity contribution is 5.12. The molecule has 0 fully saturated rings. The summed E-state index contributed by atoms with van der Waals surface area (Å²) >= 11 is 0. The van der Waals surface area contributed by atoms with Crippen LogP contribution in [0.1, 0.15) is 45.5 Å². The van der Waals surface area contributed by atoms with Crippen LogP contribution in [0.2, 0.25) is 0 Å². The molecule has 4 nitrogen and oxygen atoms in total. The molecule has 0 saturated carbocycles. The third-order valence-electron chi connectivity index (χ3n) is 3.55. The first-order valence-electron chi connectivity index (χ1n) is 6.67. The minimum absolute atomic E-state index is 0.326. The molecule has 0 aliphatic heterocycles. The van der Waals surface area contributed by atoms with E-state index in [0.29, 0.717) is 12.0 Å². The Bertz CT molecular complexity index is 332. The van der Waals surface area contributed by atoms with Crippen molar-refractivity contribution in [2.24, 2.45) is 11.8 Å². The Morgan fingerprint density at radius 1 is 1.41 bits per heavy atom. The zero-order valence-corrected chi connectivity index (χ0v) is 11.5. The first-order chi connectivity index (χ1) is 8.15. The van der Waals surface area contributed by atoms with Gasteiger partial charge >= 0.3 is 0 Å². The monoisotopic (exact) mass is 238 g/mol. The van der Waals surface area contributed by atoms with Crippen LogP contribution in [0.5, 0.6) is 0 Å². The molecule has 1 aromatic rings. The van der Waals surface area contributed by atoms with Gasteiger partial charge in [0.1, 0.15) is 0 Å². The zero-order valence-electron chi connectivity index (χ0n) is 11.5. The SMILES string of the molecule is CCc1cc(CC(NN)C(C)CC)n(CC)n1. The molecule has 1 rings (SSSR count). The Labute approximate surface area is 105 Å². The summed E-state index contributed by atoms with van der Waals surface area (Å²) in [6.07, 6.45) is 3.08. The van der Waals surface area contributed by atoms with E-state index >= 15 is 0 Å². The molecule has 0 aromatic carbocycles. The molecule has 1 heterocycles. The van der Waals surface area contributed by atoms with Crippen molar-refractivity contribution in [1.82, 2.24) is 15.2 Å². The first-order valence-corrected chi connectivity index (χ1v) is 6.67. The lowest BCUT2D eigenvalue weighted by molar-refractivity contribution is 0.362. The molecule has 4 heteroatoms. The van der Waals surface area contributed by atoms with Gasteiger partial charge in [0.25, 0.3) is 0 Å². The van der Waals surface area contributed by atoms with Gasteiger partial charge in [0.15, 0.2) is 0 Å². The van der Waals surface area contributed by atoms with Gasteiger partial charge in [-0.25, -0.2) is 0 Å². The van der Waals surface area contributed by atoms with Crippen molar-refractivity contribution in [3.63, 3.8) is 0 Å². The van der Waals surface area contributed by atoms with Crippen molar-refractivity contribution < 1.29 is 0 Å². The standard InChI is InChI=1S/C13H26N4/c1-5-10(4)13(15-14)9-12-8-11(6-2)16-17(12)7-3/h8,10,13,15H,5-7,9,14H2,1-4H3. The number of hydrogen-bond acceptors (Lipinski definition) is 3. The minimum atomic E-state index is 0.326. The number of nitrogens with two attached hydrogens (primary N) is 1. The summed E-state index contributed by atoms with van der Waals surface area (Å²) in [6.45, 7) is 9.62. The van der Waals surface area contributed by atoms with E-state index in [2.05, 4.69) is 49.0 Å². The Balaban J connectivity index is 2.80. The maximum Gasteiger partial charge on any atom is 0.0624 e. The summed E-state index contributed by atoms with van der Waals surface area (Å²) in [6, 6.07) is 2.53. The Kier molecular flexibility index (Phi) is 5.65. The number of hydrogen-bond donors (Lipinski definition) is 2. The Hall–Kier alpha value is -0.870. The molecule has 2 atom stereocenters. The third-order valence-corrected chi connectivity index (χ3v) is 3.55. The molecule has 1 aromatic heterocycles. The second kappa shape index (κ2) is 6.77. The second-order valence-electron chi connectivity index (χ2n) is 4.66. The van der Waals surface area contributed by atoms with Crippen molar-refractivity contribution in [1.29, 1.82) is 0 Å². The lowest BCUT2D eigenvalue weighted by atomic mass is 9.95. The molecule has 0 saturated heterocycles. The van der Waals surface area contributed by atoms with Crippen LogP contribution in [0.4, 0.5) is 0 Å². The number of nitrogens with zero attached hydrogens (tertiary/aromatic N) is 2. The van der Waals surface area contributed by atoms with E-state index in [1.807, 2.05) is 0 Å². The van der Waals surface area contributed by atoms with E-state index in [0.717, 1.165) is 25.8 Å². The van der Waals surface area contributed by atoms with Crippen LogP contribution < -0.4 is 11.3 Å². The van der Waals surface area contributed by atoms with Gasteiger partial charge in [0.2, 0.25) is 0 Å². The van der Waals surface area contributed by atoms with Gasteiger partial charge in [0.05, 0.1) is 5.69 Å². The van der Waals surface area contributed by atoms with E-state index in [9.17, 15) is 0 Å². The first kappa shape index (κ1) is 14.2. The van der Waals surface area contributed by atoms with Gasteiger partial charge in [-0.2, -0.15) is 5.10 Å². The lowest BCUT2D eigenvalue weighted by Crippen LogP contribution is -2.41. The summed E-state index contributed by atoms with van der Waals surface area (Å²) in [5.41, 5.74) is 5.39. The topological polar surface area (TPSA) is 55.9 Å². The van der Waals surface area contributed by atoms with Gasteiger partial charge in [-0.1, -0.05) is 27.2 Å². The van der Waals surface area contributed by atoms with E-state index in [1.54, 1.807) is 0 Å². The molecule has 0 spiro atoms. The number of aryl methyl sites for hydroxylation is 2. The number of nitrogens with one attached hydrogen (secondary N) is 1. The molecule has 17 heavy (non-hydrogen) atoms. The van der Waals surface area contributed by atoms with Gasteiger partial charge in [-0.15, -0.1) is 0 Å². The molecule has 0 aliphatic rings. The normalized spacial score (nSPS) is 14.9. The summed E-state index contributed by atoms with van der Waals surface area (Å²) in [5.74, 6) is 6.22. The predicted molar refractivity (Wildman–Crippen MR) is 71.5 cm³/mol. The molecule has 3 N–H and O–H groups in total. The van der Waals surface area contributed by atoms with Crippen molar-refractivity contribution in [2.45, 2.75) is 59.5 Å². The average Bonchev–Trinajstić information content (AvgIpc) is 2.77. The van der Waals surface area contributed by atoms with Crippen molar-refractivity contribution in [3.05, 3.63) is 17.5 Å². The molecular weight excluding hydrogens is 212 g/mol. The molecule has 0 amide bonds. The molecule has 98 valence electrons. The van der Waals surface area contributed by atoms with Gasteiger partial charge in [-0.05, 0) is 25.3 Å². The van der Waals surface area contributed by atoms with E-state index < -0.39 is 0 Å². The van der Waals surface area contributed by atoms with Crippen LogP contribution in [0.15, 0.2) is 6.07 Å². The highest BCUT2D eigenvalue weighted by Gasteiger charge is 2.17. The fraction of sp³-hybridized carbons (Fsp3) is 0.769. The molecule has 0 radical (unpaired) electrons. The van der Waals surface area contributed by atoms with Crippen molar-refractivity contribution in [2.75, 3.05) is 0 Å². The molecule has 0 aliphatic carbocycles. The quantitative estimate of drug-likeness (QED) is 0.563. The smallest absolute Gasteiger partial charge is 0.0624 e. The molecule has 2 unspecified atom stereocenters. The Morgan fingerprint density at radius 2 is 2.12 bits per heavy atom. The maximum absolute atomic E-state index is 5.65. The van der Waals surface area contributed by atoms with Crippen molar-refractivity contribution >= 4 is 0 Å². The predicted octanol–water partition coefficient (Wildman–Crippen LogP) is 1.89. The van der Waals surface area contributed by atoms with Gasteiger partial charge < -0.3 is 0 Å². The summed E-state index contributed by atoms with van der Waals surface area (Å²) in [5, 5.41) is 4.57. The second-order valence-corrected chi connectivity index (χ2v) is 4.66. The highest BCUT2D eigenvalue weighted by Crippen LogP contribution is 2.14. The van der Waals surface area contributed by atoms with Crippen LogP contribution in [0.25, 0.3) is 0 Å². The van der Waals surface area contributed by atoms with Crippen LogP contribution in [0.3, 0.4) is 0 Å². The summed E-state index contributed by atoms with van der Waals surface area (Å²) in [7, 11) is 0. The van der Waals surface area contributed by atoms with E-state index in [-0.39, 0.29) is 0 Å². The highest BCUT2D eigenvalue weighted by atomic mass is 15.3. The van der Waals surface area contributed by atoms with Crippen LogP contribution in [-0.4, -0.2) is 15.8 Å². The Morgan fingerprint density at radius 3 is 2.59 bits per heavy atom. The van der Waals surface area contributed by atoms with Gasteiger partial charge in [0, 0.05) is 24.7 Å². The zero-order chi connectivity index (χ0) is 12.8. The van der Waals surface area contributed by atoms with Crippen molar-refractivity contribution in [3.8, 4) is 0 Å². The van der Waals surface area contributed by atoms with Crippen LogP contribution >= 0.6 is 0 Å². The average molecular weight is 238 g/mol. The lowest BCUT2D eigenvalue weighted by Gasteiger charge is -2.22. The number of aromatic nitrogens is 2. The van der Waals surface area contributed by atoms with Crippen LogP contribution in [0, 0.1) is 5.92 Å². The van der Waals surface area contributed by atoms with E-state index in [1.165, 1.54) is 11.4 Å². The number of rotatable bonds is 7. The minimum Gasteiger partial charge on any atom is -0.271 e. The molecule has 0 bridgehead atoms. The van der Waals surface area contributed by atoms with Gasteiger partial charge in [-0.3, -0.25) is 16.0 Å². The van der Waals surface area contributed by atoms with E-state index in [4.69, 9.17) is 5.84 Å². The summed E-state index contributed by atoms with van der Waals surface area (Å²) < 4.78 is 2.09. The maximum atomic E-state index is 5.65. The number of hydrazine groups is 1. The fourth-order valence-corrected chi connectivity index (χ4v) is 2.06. The van der Waals surface area contributed by atoms with Crippen LogP contribution in [-0.2, 0) is 19.4 Å². The summed E-state index contributed by atoms with van der Waals surface area (Å²) in [4.78, 5) is 0. The third kappa shape index (κ3) is 3.54. The fourth-order valence-electron chi connectivity index (χ4n) is 2.06.